The Morgan fingerprint density at radius 2 is 1.92 bits per heavy atom. The second kappa shape index (κ2) is 5.81. The minimum atomic E-state index is 0.0651. The molecule has 0 saturated heterocycles. The summed E-state index contributed by atoms with van der Waals surface area (Å²) in [5.41, 5.74) is 1.25. The van der Waals surface area contributed by atoms with Gasteiger partial charge >= 0.3 is 4.87 Å². The summed E-state index contributed by atoms with van der Waals surface area (Å²) in [5, 5.41) is 1.73. The Morgan fingerprint density at radius 3 is 2.72 bits per heavy atom. The third-order valence-corrected chi connectivity index (χ3v) is 8.86. The van der Waals surface area contributed by atoms with Crippen LogP contribution in [0.5, 0.6) is 11.5 Å². The molecular weight excluding hydrogens is 354 g/mol. The van der Waals surface area contributed by atoms with E-state index in [1.165, 1.54) is 41.0 Å². The van der Waals surface area contributed by atoms with E-state index >= 15 is 0 Å². The number of aromatic nitrogens is 1. The maximum atomic E-state index is 12.1. The van der Waals surface area contributed by atoms with E-state index in [1.54, 1.807) is 14.2 Å². The summed E-state index contributed by atoms with van der Waals surface area (Å²) in [6.07, 6.45) is 4.04. The first-order valence-corrected chi connectivity index (χ1v) is 10.5. The lowest BCUT2D eigenvalue weighted by molar-refractivity contribution is 0.306. The van der Waals surface area contributed by atoms with Gasteiger partial charge in [0.15, 0.2) is 11.5 Å². The smallest absolute Gasteiger partial charge is 0.305 e. The molecule has 0 amide bonds. The van der Waals surface area contributed by atoms with Crippen LogP contribution in [-0.4, -0.2) is 24.5 Å². The largest absolute Gasteiger partial charge is 0.493 e. The fourth-order valence-corrected chi connectivity index (χ4v) is 8.16. The second-order valence-corrected chi connectivity index (χ2v) is 9.50. The summed E-state index contributed by atoms with van der Waals surface area (Å²) in [5.74, 6) is 4.03. The summed E-state index contributed by atoms with van der Waals surface area (Å²) in [6.45, 7) is 0. The summed E-state index contributed by atoms with van der Waals surface area (Å²) < 4.78 is 10.9. The zero-order valence-corrected chi connectivity index (χ0v) is 15.9. The van der Waals surface area contributed by atoms with Crippen LogP contribution in [0.1, 0.15) is 35.6 Å². The number of methoxy groups -OCH3 is 2. The number of aromatic amines is 1. The Morgan fingerprint density at radius 1 is 1.12 bits per heavy atom. The average Bonchev–Trinajstić information content (AvgIpc) is 3.32. The lowest BCUT2D eigenvalue weighted by Gasteiger charge is -2.40. The lowest BCUT2D eigenvalue weighted by atomic mass is 9.75. The number of fused-ring (bicyclic) bond motifs is 6. The molecule has 2 aliphatic carbocycles. The SMILES string of the molecule is COc1ccc([C@H]2c3sc(=O)[nH]c3SC3C4CCC(C4)C32)cc1OC. The van der Waals surface area contributed by atoms with E-state index < -0.39 is 0 Å². The van der Waals surface area contributed by atoms with Crippen molar-refractivity contribution in [3.8, 4) is 11.5 Å². The molecule has 4 nitrogen and oxygen atoms in total. The van der Waals surface area contributed by atoms with Gasteiger partial charge < -0.3 is 14.5 Å². The zero-order chi connectivity index (χ0) is 17.1. The summed E-state index contributed by atoms with van der Waals surface area (Å²) in [4.78, 5) is 16.4. The Bertz CT molecular complexity index is 874. The number of thiazole rings is 1. The first-order valence-electron chi connectivity index (χ1n) is 8.81. The molecule has 5 atom stereocenters. The molecule has 6 heteroatoms. The number of nitrogens with one attached hydrogen (secondary N) is 1. The summed E-state index contributed by atoms with van der Waals surface area (Å²) in [7, 11) is 3.34. The molecule has 1 aromatic heterocycles. The van der Waals surface area contributed by atoms with Crippen LogP contribution < -0.4 is 14.3 Å². The summed E-state index contributed by atoms with van der Waals surface area (Å²) in [6, 6.07) is 6.25. The van der Waals surface area contributed by atoms with Crippen molar-refractivity contribution in [1.82, 2.24) is 4.98 Å². The first kappa shape index (κ1) is 15.8. The maximum absolute atomic E-state index is 12.1. The van der Waals surface area contributed by atoms with Crippen LogP contribution in [0.15, 0.2) is 28.0 Å². The third kappa shape index (κ3) is 2.30. The molecule has 0 spiro atoms. The van der Waals surface area contributed by atoms with Crippen molar-refractivity contribution in [3.63, 3.8) is 0 Å². The second-order valence-electron chi connectivity index (χ2n) is 7.29. The van der Waals surface area contributed by atoms with Crippen LogP contribution >= 0.6 is 23.1 Å². The fourth-order valence-electron chi connectivity index (χ4n) is 5.27. The molecule has 0 radical (unpaired) electrons. The number of ether oxygens (including phenoxy) is 2. The van der Waals surface area contributed by atoms with E-state index in [0.29, 0.717) is 17.1 Å². The van der Waals surface area contributed by atoms with E-state index in [2.05, 4.69) is 17.1 Å². The van der Waals surface area contributed by atoms with Crippen LogP contribution in [-0.2, 0) is 0 Å². The van der Waals surface area contributed by atoms with Gasteiger partial charge in [-0.3, -0.25) is 4.79 Å². The van der Waals surface area contributed by atoms with Crippen LogP contribution in [0.25, 0.3) is 0 Å². The standard InChI is InChI=1S/C19H21NO3S2/c1-22-12-6-5-10(8-13(12)23-2)15-14-9-3-4-11(7-9)16(14)24-18-17(15)25-19(21)20-18/h5-6,8-9,11,14-16H,3-4,7H2,1-2H3,(H,20,21)/t9?,11?,14?,15-,16?/m1/s1. The van der Waals surface area contributed by atoms with Gasteiger partial charge in [0.2, 0.25) is 0 Å². The van der Waals surface area contributed by atoms with Gasteiger partial charge in [-0.2, -0.15) is 0 Å². The zero-order valence-electron chi connectivity index (χ0n) is 14.3. The van der Waals surface area contributed by atoms with Gasteiger partial charge in [0, 0.05) is 16.0 Å². The Hall–Kier alpha value is -1.40. The maximum Gasteiger partial charge on any atom is 0.305 e. The van der Waals surface area contributed by atoms with Gasteiger partial charge in [0.25, 0.3) is 0 Å². The minimum absolute atomic E-state index is 0.0651. The van der Waals surface area contributed by atoms with E-state index in [1.807, 2.05) is 17.8 Å². The van der Waals surface area contributed by atoms with Crippen molar-refractivity contribution in [2.75, 3.05) is 14.2 Å². The van der Waals surface area contributed by atoms with Crippen LogP contribution in [0.4, 0.5) is 0 Å². The molecule has 1 N–H and O–H groups in total. The van der Waals surface area contributed by atoms with Crippen molar-refractivity contribution in [2.45, 2.75) is 35.5 Å². The van der Waals surface area contributed by atoms with Gasteiger partial charge in [-0.15, -0.1) is 11.8 Å². The van der Waals surface area contributed by atoms with Gasteiger partial charge in [-0.25, -0.2) is 0 Å². The van der Waals surface area contributed by atoms with E-state index in [9.17, 15) is 4.79 Å². The van der Waals surface area contributed by atoms with Crippen LogP contribution in [0.3, 0.4) is 0 Å². The molecule has 2 fully saturated rings. The first-order chi connectivity index (χ1) is 12.2. The number of benzene rings is 1. The van der Waals surface area contributed by atoms with Gasteiger partial charge in [0.1, 0.15) is 0 Å². The van der Waals surface area contributed by atoms with Crippen molar-refractivity contribution >= 4 is 23.1 Å². The quantitative estimate of drug-likeness (QED) is 0.877. The van der Waals surface area contributed by atoms with Crippen molar-refractivity contribution in [3.05, 3.63) is 38.3 Å². The van der Waals surface area contributed by atoms with Crippen molar-refractivity contribution in [1.29, 1.82) is 0 Å². The lowest BCUT2D eigenvalue weighted by Crippen LogP contribution is -2.33. The van der Waals surface area contributed by atoms with Crippen LogP contribution in [0.2, 0.25) is 0 Å². The van der Waals surface area contributed by atoms with Gasteiger partial charge in [-0.05, 0) is 54.7 Å². The van der Waals surface area contributed by atoms with Crippen molar-refractivity contribution in [2.24, 2.45) is 17.8 Å². The number of H-pyrrole nitrogens is 1. The Kier molecular flexibility index (Phi) is 3.68. The highest BCUT2D eigenvalue weighted by atomic mass is 32.2. The highest BCUT2D eigenvalue weighted by Gasteiger charge is 2.54. The molecule has 2 bridgehead atoms. The van der Waals surface area contributed by atoms with Crippen LogP contribution in [0, 0.1) is 17.8 Å². The molecule has 1 aromatic carbocycles. The molecule has 2 heterocycles. The Balaban J connectivity index is 1.66. The molecule has 1 aliphatic heterocycles. The normalized spacial score (nSPS) is 32.3. The number of thioether (sulfide) groups is 1. The van der Waals surface area contributed by atoms with Gasteiger partial charge in [0.05, 0.1) is 19.2 Å². The predicted molar refractivity (Wildman–Crippen MR) is 100 cm³/mol. The Labute approximate surface area is 154 Å². The molecule has 25 heavy (non-hydrogen) atoms. The van der Waals surface area contributed by atoms with E-state index in [4.69, 9.17) is 9.47 Å². The highest BCUT2D eigenvalue weighted by Crippen LogP contribution is 2.63. The van der Waals surface area contributed by atoms with E-state index in [-0.39, 0.29) is 4.87 Å². The fraction of sp³-hybridized carbons (Fsp3) is 0.526. The number of hydrogen-bond acceptors (Lipinski definition) is 5. The molecular formula is C19H21NO3S2. The molecule has 2 saturated carbocycles. The van der Waals surface area contributed by atoms with Crippen molar-refractivity contribution < 1.29 is 9.47 Å². The molecule has 5 rings (SSSR count). The molecule has 3 aliphatic rings. The number of hydrogen-bond donors (Lipinski definition) is 1. The van der Waals surface area contributed by atoms with Gasteiger partial charge in [-0.1, -0.05) is 17.4 Å². The van der Waals surface area contributed by atoms with E-state index in [0.717, 1.165) is 28.4 Å². The predicted octanol–water partition coefficient (Wildman–Crippen LogP) is 4.11. The molecule has 132 valence electrons. The summed E-state index contributed by atoms with van der Waals surface area (Å²) >= 11 is 3.32. The highest BCUT2D eigenvalue weighted by molar-refractivity contribution is 8.00. The number of rotatable bonds is 3. The minimum Gasteiger partial charge on any atom is -0.493 e. The topological polar surface area (TPSA) is 51.3 Å². The average molecular weight is 376 g/mol. The monoisotopic (exact) mass is 375 g/mol. The molecule has 4 unspecified atom stereocenters. The molecule has 2 aromatic rings. The third-order valence-electron chi connectivity index (χ3n) is 6.23.